The van der Waals surface area contributed by atoms with Crippen LogP contribution in [-0.4, -0.2) is 54.8 Å². The van der Waals surface area contributed by atoms with Crippen LogP contribution in [0.2, 0.25) is 0 Å². The summed E-state index contributed by atoms with van der Waals surface area (Å²) in [5.74, 6) is 0.595. The molecular weight excluding hydrogens is 430 g/mol. The molecule has 172 valence electrons. The zero-order valence-electron chi connectivity index (χ0n) is 18.5. The van der Waals surface area contributed by atoms with Gasteiger partial charge in [0, 0.05) is 44.4 Å². The van der Waals surface area contributed by atoms with Gasteiger partial charge in [0.1, 0.15) is 16.4 Å². The second kappa shape index (κ2) is 9.17. The van der Waals surface area contributed by atoms with Gasteiger partial charge in [-0.1, -0.05) is 18.9 Å². The number of ether oxygens (including phenoxy) is 1. The average molecular weight is 460 g/mol. The molecule has 0 atom stereocenters. The van der Waals surface area contributed by atoms with E-state index in [4.69, 9.17) is 4.74 Å². The van der Waals surface area contributed by atoms with Gasteiger partial charge in [-0.25, -0.2) is 8.42 Å². The van der Waals surface area contributed by atoms with Crippen LogP contribution in [0.1, 0.15) is 36.8 Å². The molecule has 1 saturated carbocycles. The van der Waals surface area contributed by atoms with Crippen LogP contribution in [0.15, 0.2) is 41.3 Å². The van der Waals surface area contributed by atoms with E-state index in [2.05, 4.69) is 4.90 Å². The van der Waals surface area contributed by atoms with Gasteiger partial charge in [-0.2, -0.15) is 4.31 Å². The molecule has 4 rings (SSSR count). The van der Waals surface area contributed by atoms with Gasteiger partial charge in [0.2, 0.25) is 10.0 Å². The summed E-state index contributed by atoms with van der Waals surface area (Å²) in [5.41, 5.74) is 1.68. The maximum atomic E-state index is 13.5. The number of piperazine rings is 1. The van der Waals surface area contributed by atoms with Crippen molar-refractivity contribution in [3.8, 4) is 11.5 Å². The summed E-state index contributed by atoms with van der Waals surface area (Å²) in [7, 11) is -3.96. The van der Waals surface area contributed by atoms with Crippen LogP contribution in [-0.2, 0) is 10.0 Å². The number of benzene rings is 2. The van der Waals surface area contributed by atoms with Gasteiger partial charge in [-0.3, -0.25) is 15.0 Å². The number of sulfonamides is 1. The Bertz CT molecular complexity index is 1080. The van der Waals surface area contributed by atoms with E-state index in [0.29, 0.717) is 38.0 Å². The summed E-state index contributed by atoms with van der Waals surface area (Å²) in [6.07, 6.45) is 4.81. The van der Waals surface area contributed by atoms with Crippen molar-refractivity contribution in [3.63, 3.8) is 0 Å². The summed E-state index contributed by atoms with van der Waals surface area (Å²) in [6.45, 7) is 5.93. The predicted octanol–water partition coefficient (Wildman–Crippen LogP) is 4.25. The third-order valence-corrected chi connectivity index (χ3v) is 8.21. The SMILES string of the molecule is Cc1cc(C)cc(Oc2ccc([N+](=O)[O-])cc2S(=O)(=O)N2CCN(C3CCCC3)CC2)c1. The number of aryl methyl sites for hydroxylation is 2. The molecule has 2 aliphatic rings. The second-order valence-electron chi connectivity index (χ2n) is 8.69. The zero-order valence-corrected chi connectivity index (χ0v) is 19.3. The molecule has 1 aliphatic carbocycles. The lowest BCUT2D eigenvalue weighted by Crippen LogP contribution is -2.51. The number of nitrogens with zero attached hydrogens (tertiary/aromatic N) is 3. The lowest BCUT2D eigenvalue weighted by Gasteiger charge is -2.37. The van der Waals surface area contributed by atoms with Crippen LogP contribution in [0.5, 0.6) is 11.5 Å². The molecule has 0 spiro atoms. The predicted molar refractivity (Wildman–Crippen MR) is 122 cm³/mol. The Kier molecular flexibility index (Phi) is 6.50. The monoisotopic (exact) mass is 459 g/mol. The van der Waals surface area contributed by atoms with Gasteiger partial charge in [0.25, 0.3) is 5.69 Å². The molecule has 1 aliphatic heterocycles. The van der Waals surface area contributed by atoms with Crippen molar-refractivity contribution in [2.75, 3.05) is 26.2 Å². The molecule has 0 amide bonds. The Morgan fingerprint density at radius 3 is 2.19 bits per heavy atom. The molecule has 0 bridgehead atoms. The standard InChI is InChI=1S/C23H29N3O5S/c1-17-13-18(2)15-21(14-17)31-22-8-7-20(26(27)28)16-23(22)32(29,30)25-11-9-24(10-12-25)19-5-3-4-6-19/h7-8,13-16,19H,3-6,9-12H2,1-2H3. The molecule has 1 heterocycles. The number of rotatable bonds is 6. The Morgan fingerprint density at radius 2 is 1.59 bits per heavy atom. The molecular formula is C23H29N3O5S. The minimum absolute atomic E-state index is 0.0961. The first kappa shape index (κ1) is 22.7. The van der Waals surface area contributed by atoms with Crippen LogP contribution in [0, 0.1) is 24.0 Å². The van der Waals surface area contributed by atoms with Crippen molar-refractivity contribution in [3.05, 3.63) is 57.6 Å². The van der Waals surface area contributed by atoms with Crippen molar-refractivity contribution in [2.24, 2.45) is 0 Å². The Morgan fingerprint density at radius 1 is 0.969 bits per heavy atom. The van der Waals surface area contributed by atoms with Crippen molar-refractivity contribution < 1.29 is 18.1 Å². The van der Waals surface area contributed by atoms with Crippen molar-refractivity contribution in [1.82, 2.24) is 9.21 Å². The fraction of sp³-hybridized carbons (Fsp3) is 0.478. The number of nitro benzene ring substituents is 1. The molecule has 0 radical (unpaired) electrons. The van der Waals surface area contributed by atoms with E-state index >= 15 is 0 Å². The third-order valence-electron chi connectivity index (χ3n) is 6.29. The average Bonchev–Trinajstić information content (AvgIpc) is 3.28. The van der Waals surface area contributed by atoms with Gasteiger partial charge in [-0.05, 0) is 56.0 Å². The molecule has 2 aromatic carbocycles. The molecule has 0 aromatic heterocycles. The van der Waals surface area contributed by atoms with Crippen molar-refractivity contribution >= 4 is 15.7 Å². The summed E-state index contributed by atoms with van der Waals surface area (Å²) < 4.78 is 34.4. The topological polar surface area (TPSA) is 93.0 Å². The third kappa shape index (κ3) is 4.79. The van der Waals surface area contributed by atoms with E-state index < -0.39 is 14.9 Å². The van der Waals surface area contributed by atoms with E-state index in [0.717, 1.165) is 17.2 Å². The van der Waals surface area contributed by atoms with Crippen LogP contribution in [0.3, 0.4) is 0 Å². The van der Waals surface area contributed by atoms with E-state index in [1.165, 1.54) is 42.1 Å². The number of hydrogen-bond acceptors (Lipinski definition) is 6. The molecule has 9 heteroatoms. The molecule has 1 saturated heterocycles. The van der Waals surface area contributed by atoms with E-state index in [1.54, 1.807) is 0 Å². The minimum atomic E-state index is -3.96. The first-order valence-corrected chi connectivity index (χ1v) is 12.5. The smallest absolute Gasteiger partial charge is 0.271 e. The fourth-order valence-corrected chi connectivity index (χ4v) is 6.29. The number of nitro groups is 1. The van der Waals surface area contributed by atoms with Gasteiger partial charge in [-0.15, -0.1) is 0 Å². The quantitative estimate of drug-likeness (QED) is 0.474. The second-order valence-corrected chi connectivity index (χ2v) is 10.6. The van der Waals surface area contributed by atoms with Crippen molar-refractivity contribution in [1.29, 1.82) is 0 Å². The highest BCUT2D eigenvalue weighted by atomic mass is 32.2. The summed E-state index contributed by atoms with van der Waals surface area (Å²) in [5, 5.41) is 11.4. The lowest BCUT2D eigenvalue weighted by molar-refractivity contribution is -0.385. The highest BCUT2D eigenvalue weighted by molar-refractivity contribution is 7.89. The Balaban J connectivity index is 1.62. The highest BCUT2D eigenvalue weighted by Crippen LogP contribution is 2.35. The number of hydrogen-bond donors (Lipinski definition) is 0. The Hall–Kier alpha value is -2.49. The summed E-state index contributed by atoms with van der Waals surface area (Å²) in [4.78, 5) is 13.0. The largest absolute Gasteiger partial charge is 0.456 e. The molecule has 32 heavy (non-hydrogen) atoms. The first-order chi connectivity index (χ1) is 15.2. The van der Waals surface area contributed by atoms with E-state index in [1.807, 2.05) is 32.0 Å². The number of non-ortho nitro benzene ring substituents is 1. The van der Waals surface area contributed by atoms with Gasteiger partial charge < -0.3 is 4.74 Å². The van der Waals surface area contributed by atoms with Gasteiger partial charge in [0.05, 0.1) is 4.92 Å². The molecule has 2 aromatic rings. The maximum Gasteiger partial charge on any atom is 0.271 e. The molecule has 2 fully saturated rings. The van der Waals surface area contributed by atoms with Crippen LogP contribution < -0.4 is 4.74 Å². The van der Waals surface area contributed by atoms with E-state index in [-0.39, 0.29) is 16.3 Å². The first-order valence-electron chi connectivity index (χ1n) is 11.0. The van der Waals surface area contributed by atoms with Crippen LogP contribution in [0.4, 0.5) is 5.69 Å². The Labute approximate surface area is 189 Å². The maximum absolute atomic E-state index is 13.5. The lowest BCUT2D eigenvalue weighted by atomic mass is 10.1. The van der Waals surface area contributed by atoms with Gasteiger partial charge >= 0.3 is 0 Å². The van der Waals surface area contributed by atoms with Crippen LogP contribution in [0.25, 0.3) is 0 Å². The molecule has 8 nitrogen and oxygen atoms in total. The minimum Gasteiger partial charge on any atom is -0.456 e. The summed E-state index contributed by atoms with van der Waals surface area (Å²) >= 11 is 0. The normalized spacial score (nSPS) is 18.7. The van der Waals surface area contributed by atoms with Crippen LogP contribution >= 0.6 is 0 Å². The summed E-state index contributed by atoms with van der Waals surface area (Å²) in [6, 6.07) is 9.91. The van der Waals surface area contributed by atoms with E-state index in [9.17, 15) is 18.5 Å². The molecule has 0 unspecified atom stereocenters. The zero-order chi connectivity index (χ0) is 22.9. The molecule has 0 N–H and O–H groups in total. The van der Waals surface area contributed by atoms with Crippen molar-refractivity contribution in [2.45, 2.75) is 50.5 Å². The highest BCUT2D eigenvalue weighted by Gasteiger charge is 2.34. The van der Waals surface area contributed by atoms with Gasteiger partial charge in [0.15, 0.2) is 0 Å². The fourth-order valence-electron chi connectivity index (χ4n) is 4.73.